The molecule has 1 saturated carbocycles. The lowest BCUT2D eigenvalue weighted by molar-refractivity contribution is 0.177. The van der Waals surface area contributed by atoms with Crippen molar-refractivity contribution >= 4 is 5.82 Å². The predicted molar refractivity (Wildman–Crippen MR) is 93.6 cm³/mol. The third-order valence-electron chi connectivity index (χ3n) is 4.85. The Morgan fingerprint density at radius 3 is 2.80 bits per heavy atom. The normalized spacial score (nSPS) is 20.2. The molecular formula is C18H25N5O2. The summed E-state index contributed by atoms with van der Waals surface area (Å²) in [5.74, 6) is 2.64. The molecule has 0 bridgehead atoms. The van der Waals surface area contributed by atoms with Crippen LogP contribution in [0, 0.1) is 0 Å². The van der Waals surface area contributed by atoms with Crippen molar-refractivity contribution in [3.63, 3.8) is 0 Å². The minimum Gasteiger partial charge on any atom is -0.381 e. The first-order chi connectivity index (χ1) is 12.2. The number of anilines is 1. The van der Waals surface area contributed by atoms with E-state index in [4.69, 9.17) is 9.47 Å². The Labute approximate surface area is 147 Å². The van der Waals surface area contributed by atoms with Gasteiger partial charge in [0, 0.05) is 38.7 Å². The molecule has 7 heteroatoms. The van der Waals surface area contributed by atoms with Crippen LogP contribution >= 0.6 is 0 Å². The molecule has 2 aliphatic rings. The van der Waals surface area contributed by atoms with Gasteiger partial charge in [-0.15, -0.1) is 0 Å². The molecule has 2 aromatic heterocycles. The first kappa shape index (κ1) is 16.5. The van der Waals surface area contributed by atoms with Crippen molar-refractivity contribution in [2.45, 2.75) is 44.2 Å². The minimum atomic E-state index is 0.347. The van der Waals surface area contributed by atoms with Crippen LogP contribution in [-0.4, -0.2) is 47.5 Å². The van der Waals surface area contributed by atoms with Gasteiger partial charge >= 0.3 is 0 Å². The van der Waals surface area contributed by atoms with E-state index in [1.54, 1.807) is 7.11 Å². The molecule has 1 unspecified atom stereocenters. The molecule has 2 fully saturated rings. The van der Waals surface area contributed by atoms with E-state index >= 15 is 0 Å². The third kappa shape index (κ3) is 3.82. The SMILES string of the molecule is COCc1nc(C2CCOC2)cc(N(C)Cc2cc(C3CC3)n[nH]2)n1. The Kier molecular flexibility index (Phi) is 4.67. The number of methoxy groups -OCH3 is 1. The topological polar surface area (TPSA) is 76.2 Å². The average Bonchev–Trinajstić information content (AvgIpc) is 3.12. The molecule has 0 radical (unpaired) electrons. The van der Waals surface area contributed by atoms with Crippen LogP contribution in [0.3, 0.4) is 0 Å². The summed E-state index contributed by atoms with van der Waals surface area (Å²) in [5.41, 5.74) is 3.35. The summed E-state index contributed by atoms with van der Waals surface area (Å²) in [6.45, 7) is 2.69. The molecule has 1 atom stereocenters. The molecule has 2 aromatic rings. The van der Waals surface area contributed by atoms with Gasteiger partial charge in [0.05, 0.1) is 30.2 Å². The lowest BCUT2D eigenvalue weighted by Gasteiger charge is -2.20. The number of rotatable bonds is 7. The van der Waals surface area contributed by atoms with Crippen molar-refractivity contribution in [3.8, 4) is 0 Å². The van der Waals surface area contributed by atoms with Crippen LogP contribution in [0.15, 0.2) is 12.1 Å². The molecule has 0 spiro atoms. The van der Waals surface area contributed by atoms with Crippen LogP contribution in [-0.2, 0) is 22.6 Å². The van der Waals surface area contributed by atoms with E-state index in [0.29, 0.717) is 18.4 Å². The van der Waals surface area contributed by atoms with Crippen LogP contribution in [0.5, 0.6) is 0 Å². The smallest absolute Gasteiger partial charge is 0.156 e. The number of nitrogens with zero attached hydrogens (tertiary/aromatic N) is 4. The number of ether oxygens (including phenoxy) is 2. The summed E-state index contributed by atoms with van der Waals surface area (Å²) in [5, 5.41) is 7.59. The van der Waals surface area contributed by atoms with Crippen molar-refractivity contribution < 1.29 is 9.47 Å². The molecule has 25 heavy (non-hydrogen) atoms. The van der Waals surface area contributed by atoms with E-state index in [9.17, 15) is 0 Å². The van der Waals surface area contributed by atoms with Crippen LogP contribution < -0.4 is 4.90 Å². The van der Waals surface area contributed by atoms with E-state index < -0.39 is 0 Å². The Bertz CT molecular complexity index is 722. The Hall–Kier alpha value is -1.99. The second-order valence-electron chi connectivity index (χ2n) is 7.01. The van der Waals surface area contributed by atoms with Crippen molar-refractivity contribution in [3.05, 3.63) is 35.0 Å². The van der Waals surface area contributed by atoms with Gasteiger partial charge in [-0.05, 0) is 25.3 Å². The number of hydrogen-bond donors (Lipinski definition) is 1. The predicted octanol–water partition coefficient (Wildman–Crippen LogP) is 2.36. The molecule has 134 valence electrons. The fourth-order valence-electron chi connectivity index (χ4n) is 3.25. The van der Waals surface area contributed by atoms with Gasteiger partial charge < -0.3 is 14.4 Å². The standard InChI is InChI=1S/C18H25N5O2/c1-23(9-14-7-16(22-21-14)12-3-4-12)18-8-15(13-5-6-25-10-13)19-17(20-18)11-24-2/h7-8,12-13H,3-6,9-11H2,1-2H3,(H,21,22). The monoisotopic (exact) mass is 343 g/mol. The van der Waals surface area contributed by atoms with Crippen LogP contribution in [0.25, 0.3) is 0 Å². The van der Waals surface area contributed by atoms with Gasteiger partial charge in [0.25, 0.3) is 0 Å². The molecule has 1 N–H and O–H groups in total. The number of H-pyrrole nitrogens is 1. The van der Waals surface area contributed by atoms with E-state index in [-0.39, 0.29) is 0 Å². The maximum absolute atomic E-state index is 5.52. The summed E-state index contributed by atoms with van der Waals surface area (Å²) in [6, 6.07) is 4.26. The van der Waals surface area contributed by atoms with Crippen molar-refractivity contribution in [2.75, 3.05) is 32.3 Å². The summed E-state index contributed by atoms with van der Waals surface area (Å²) >= 11 is 0. The second-order valence-corrected chi connectivity index (χ2v) is 7.01. The molecule has 7 nitrogen and oxygen atoms in total. The number of aromatic nitrogens is 4. The first-order valence-electron chi connectivity index (χ1n) is 8.93. The van der Waals surface area contributed by atoms with Crippen LogP contribution in [0.1, 0.15) is 54.0 Å². The number of hydrogen-bond acceptors (Lipinski definition) is 6. The fraction of sp³-hybridized carbons (Fsp3) is 0.611. The Morgan fingerprint density at radius 1 is 1.20 bits per heavy atom. The van der Waals surface area contributed by atoms with E-state index in [1.165, 1.54) is 18.5 Å². The van der Waals surface area contributed by atoms with E-state index in [2.05, 4.69) is 37.2 Å². The molecule has 4 rings (SSSR count). The maximum Gasteiger partial charge on any atom is 0.156 e. The average molecular weight is 343 g/mol. The number of nitrogens with one attached hydrogen (secondary N) is 1. The lowest BCUT2D eigenvalue weighted by Crippen LogP contribution is -2.20. The van der Waals surface area contributed by atoms with Crippen molar-refractivity contribution in [1.29, 1.82) is 0 Å². The molecule has 0 amide bonds. The zero-order valence-corrected chi connectivity index (χ0v) is 14.9. The van der Waals surface area contributed by atoms with Gasteiger partial charge in [0.1, 0.15) is 12.4 Å². The van der Waals surface area contributed by atoms with Crippen LogP contribution in [0.2, 0.25) is 0 Å². The van der Waals surface area contributed by atoms with Gasteiger partial charge in [0.15, 0.2) is 5.82 Å². The fourth-order valence-corrected chi connectivity index (χ4v) is 3.25. The van der Waals surface area contributed by atoms with Gasteiger partial charge in [-0.25, -0.2) is 9.97 Å². The summed E-state index contributed by atoms with van der Waals surface area (Å²) in [7, 11) is 3.72. The largest absolute Gasteiger partial charge is 0.381 e. The Morgan fingerprint density at radius 2 is 2.08 bits per heavy atom. The zero-order valence-electron chi connectivity index (χ0n) is 14.9. The van der Waals surface area contributed by atoms with Crippen molar-refractivity contribution in [2.24, 2.45) is 0 Å². The summed E-state index contributed by atoms with van der Waals surface area (Å²) in [4.78, 5) is 11.5. The highest BCUT2D eigenvalue weighted by Crippen LogP contribution is 2.39. The quantitative estimate of drug-likeness (QED) is 0.832. The molecular weight excluding hydrogens is 318 g/mol. The third-order valence-corrected chi connectivity index (χ3v) is 4.85. The van der Waals surface area contributed by atoms with E-state index in [0.717, 1.165) is 49.2 Å². The highest BCUT2D eigenvalue weighted by Gasteiger charge is 2.26. The molecule has 1 aliphatic heterocycles. The van der Waals surface area contributed by atoms with E-state index in [1.807, 2.05) is 7.05 Å². The molecule has 3 heterocycles. The highest BCUT2D eigenvalue weighted by atomic mass is 16.5. The molecule has 1 saturated heterocycles. The van der Waals surface area contributed by atoms with Crippen LogP contribution in [0.4, 0.5) is 5.82 Å². The van der Waals surface area contributed by atoms with Gasteiger partial charge in [0.2, 0.25) is 0 Å². The second kappa shape index (κ2) is 7.09. The summed E-state index contributed by atoms with van der Waals surface area (Å²) < 4.78 is 10.8. The summed E-state index contributed by atoms with van der Waals surface area (Å²) in [6.07, 6.45) is 3.54. The molecule has 0 aromatic carbocycles. The van der Waals surface area contributed by atoms with Crippen molar-refractivity contribution in [1.82, 2.24) is 20.2 Å². The van der Waals surface area contributed by atoms with Gasteiger partial charge in [-0.1, -0.05) is 0 Å². The van der Waals surface area contributed by atoms with Gasteiger partial charge in [-0.2, -0.15) is 5.10 Å². The minimum absolute atomic E-state index is 0.347. The number of aromatic amines is 1. The highest BCUT2D eigenvalue weighted by molar-refractivity contribution is 5.40. The Balaban J connectivity index is 1.53. The first-order valence-corrected chi connectivity index (χ1v) is 8.93. The maximum atomic E-state index is 5.52. The molecule has 1 aliphatic carbocycles. The lowest BCUT2D eigenvalue weighted by atomic mass is 10.0. The zero-order chi connectivity index (χ0) is 17.2. The van der Waals surface area contributed by atoms with Gasteiger partial charge in [-0.3, -0.25) is 5.10 Å².